The second-order valence-corrected chi connectivity index (χ2v) is 9.45. The number of hydrogen-bond acceptors (Lipinski definition) is 10. The number of nitrogens with one attached hydrogen (secondary N) is 3. The summed E-state index contributed by atoms with van der Waals surface area (Å²) in [5, 5.41) is 33.2. The average molecular weight is 498 g/mol. The van der Waals surface area contributed by atoms with E-state index in [-0.39, 0.29) is 36.7 Å². The molecule has 5 N–H and O–H groups in total. The fourth-order valence-electron chi connectivity index (χ4n) is 5.96. The van der Waals surface area contributed by atoms with Gasteiger partial charge in [0.2, 0.25) is 11.8 Å². The molecular formula is C21H25F3N6O5. The lowest BCUT2D eigenvalue weighted by Crippen LogP contribution is -2.68. The maximum Gasteiger partial charge on any atom is 0.490 e. The first-order valence-electron chi connectivity index (χ1n) is 11.2. The molecule has 0 radical (unpaired) electrons. The number of carbonyl (C=O) groups is 1. The van der Waals surface area contributed by atoms with E-state index < -0.39 is 35.8 Å². The van der Waals surface area contributed by atoms with Crippen LogP contribution in [0.3, 0.4) is 0 Å². The van der Waals surface area contributed by atoms with Gasteiger partial charge in [0.15, 0.2) is 5.82 Å². The molecule has 2 aromatic rings. The normalized spacial score (nSPS) is 31.3. The van der Waals surface area contributed by atoms with Crippen molar-refractivity contribution in [2.45, 2.75) is 56.2 Å². The summed E-state index contributed by atoms with van der Waals surface area (Å²) in [7, 11) is 1.43. The van der Waals surface area contributed by atoms with Crippen molar-refractivity contribution in [1.29, 1.82) is 0 Å². The fraction of sp³-hybridized carbons (Fsp3) is 0.619. The molecule has 2 aromatic heterocycles. The molecule has 0 amide bonds. The molecule has 0 aliphatic heterocycles. The lowest BCUT2D eigenvalue weighted by atomic mass is 9.51. The summed E-state index contributed by atoms with van der Waals surface area (Å²) in [6, 6.07) is 2.72. The van der Waals surface area contributed by atoms with Gasteiger partial charge in [-0.1, -0.05) is 0 Å². The topological polar surface area (TPSA) is 155 Å². The van der Waals surface area contributed by atoms with E-state index in [0.717, 1.165) is 6.42 Å². The van der Waals surface area contributed by atoms with Crippen molar-refractivity contribution < 1.29 is 37.7 Å². The van der Waals surface area contributed by atoms with Crippen LogP contribution in [-0.2, 0) is 16.1 Å². The Labute approximate surface area is 197 Å². The Morgan fingerprint density at radius 2 is 2.06 bits per heavy atom. The molecule has 6 unspecified atom stereocenters. The van der Waals surface area contributed by atoms with Crippen LogP contribution in [0.1, 0.15) is 31.4 Å². The van der Waals surface area contributed by atoms with Crippen LogP contribution >= 0.6 is 0 Å². The molecule has 6 atom stereocenters. The van der Waals surface area contributed by atoms with Gasteiger partial charge in [-0.15, -0.1) is 0 Å². The number of methoxy groups -OCH3 is 1. The number of carbonyl (C=O) groups excluding carboxylic acids is 1. The Morgan fingerprint density at radius 3 is 2.74 bits per heavy atom. The van der Waals surface area contributed by atoms with E-state index in [4.69, 9.17) is 9.47 Å². The maximum atomic E-state index is 12.9. The van der Waals surface area contributed by atoms with Gasteiger partial charge in [-0.05, 0) is 37.5 Å². The highest BCUT2D eigenvalue weighted by molar-refractivity contribution is 5.76. The molecule has 0 saturated heterocycles. The highest BCUT2D eigenvalue weighted by atomic mass is 19.4. The molecule has 0 aromatic carbocycles. The number of hydrogen-bond donors (Lipinski definition) is 5. The van der Waals surface area contributed by atoms with Crippen LogP contribution in [0.15, 0.2) is 12.1 Å². The van der Waals surface area contributed by atoms with Crippen molar-refractivity contribution >= 4 is 23.6 Å². The summed E-state index contributed by atoms with van der Waals surface area (Å²) in [5.41, 5.74) is -0.986. The van der Waals surface area contributed by atoms with Crippen LogP contribution in [0.4, 0.5) is 30.8 Å². The van der Waals surface area contributed by atoms with Gasteiger partial charge in [0.1, 0.15) is 17.5 Å². The van der Waals surface area contributed by atoms with Crippen molar-refractivity contribution in [3.8, 4) is 5.88 Å². The van der Waals surface area contributed by atoms with Crippen LogP contribution in [0.5, 0.6) is 5.88 Å². The van der Waals surface area contributed by atoms with E-state index >= 15 is 0 Å². The second-order valence-electron chi connectivity index (χ2n) is 9.45. The van der Waals surface area contributed by atoms with E-state index in [9.17, 15) is 28.2 Å². The van der Waals surface area contributed by atoms with E-state index in [0.29, 0.717) is 30.2 Å². The third-order valence-electron chi connectivity index (χ3n) is 7.12. The van der Waals surface area contributed by atoms with Crippen LogP contribution in [0.25, 0.3) is 0 Å². The van der Waals surface area contributed by atoms with Crippen LogP contribution in [0, 0.1) is 17.8 Å². The smallest absolute Gasteiger partial charge is 0.481 e. The molecule has 6 rings (SSSR count). The van der Waals surface area contributed by atoms with Gasteiger partial charge in [0.25, 0.3) is 0 Å². The number of aliphatic hydroxyl groups excluding tert-OH is 1. The average Bonchev–Trinajstić information content (AvgIpc) is 3.24. The first-order chi connectivity index (χ1) is 16.6. The summed E-state index contributed by atoms with van der Waals surface area (Å²) in [6.07, 6.45) is -4.61. The molecular weight excluding hydrogens is 473 g/mol. The van der Waals surface area contributed by atoms with Crippen molar-refractivity contribution in [1.82, 2.24) is 20.2 Å². The Balaban J connectivity index is 1.39. The Morgan fingerprint density at radius 1 is 1.26 bits per heavy atom. The van der Waals surface area contributed by atoms with Gasteiger partial charge in [-0.2, -0.15) is 28.2 Å². The predicted octanol–water partition coefficient (Wildman–Crippen LogP) is 1.88. The summed E-state index contributed by atoms with van der Waals surface area (Å²) in [6.45, 7) is -0.216. The largest absolute Gasteiger partial charge is 0.490 e. The molecule has 35 heavy (non-hydrogen) atoms. The molecule has 0 spiro atoms. The first kappa shape index (κ1) is 23.6. The van der Waals surface area contributed by atoms with E-state index in [1.54, 1.807) is 6.07 Å². The van der Waals surface area contributed by atoms with E-state index in [2.05, 4.69) is 30.8 Å². The standard InChI is InChI=1S/C21H25F3N6O5/c1-34-15-5-13(25-14-4-11(8-31)29-30-14)26-19(27-15)28-16-10-2-9-3-12(16)17(20(33,6-9)7-10)35-18(32)21(22,23)24/h4-5,9-10,12,16-17,31,33H,2-3,6-8H2,1H3,(H3,25,26,27,28,29,30). The molecule has 4 aliphatic rings. The quantitative estimate of drug-likeness (QED) is 0.358. The molecule has 190 valence electrons. The number of rotatable bonds is 7. The van der Waals surface area contributed by atoms with Crippen molar-refractivity contribution in [2.24, 2.45) is 17.8 Å². The SMILES string of the molecule is COc1cc(Nc2cc(CO)[nH]n2)nc(NC2C3CC4CC2C(OC(=O)C(F)(F)F)C(O)(C4)C3)n1. The molecule has 14 heteroatoms. The molecule has 4 bridgehead atoms. The number of aliphatic hydroxyl groups is 2. The number of esters is 1. The van der Waals surface area contributed by atoms with Crippen molar-refractivity contribution in [3.05, 3.63) is 17.8 Å². The van der Waals surface area contributed by atoms with Gasteiger partial charge in [0.05, 0.1) is 19.4 Å². The Hall–Kier alpha value is -3.13. The van der Waals surface area contributed by atoms with Crippen molar-refractivity contribution in [2.75, 3.05) is 17.7 Å². The Kier molecular flexibility index (Phi) is 5.74. The minimum absolute atomic E-state index is 0.0528. The summed E-state index contributed by atoms with van der Waals surface area (Å²) in [5.74, 6) is -1.63. The zero-order chi connectivity index (χ0) is 25.0. The van der Waals surface area contributed by atoms with Crippen LogP contribution in [-0.4, -0.2) is 67.4 Å². The highest BCUT2D eigenvalue weighted by Gasteiger charge is 2.63. The molecule has 4 fully saturated rings. The lowest BCUT2D eigenvalue weighted by molar-refractivity contribution is -0.249. The van der Waals surface area contributed by atoms with Crippen LogP contribution in [0.2, 0.25) is 0 Å². The minimum Gasteiger partial charge on any atom is -0.481 e. The monoisotopic (exact) mass is 498 g/mol. The molecule has 4 aliphatic carbocycles. The predicted molar refractivity (Wildman–Crippen MR) is 114 cm³/mol. The third-order valence-corrected chi connectivity index (χ3v) is 7.12. The van der Waals surface area contributed by atoms with Gasteiger partial charge in [-0.3, -0.25) is 5.10 Å². The zero-order valence-corrected chi connectivity index (χ0v) is 18.7. The number of ether oxygens (including phenoxy) is 2. The fourth-order valence-corrected chi connectivity index (χ4v) is 5.96. The van der Waals surface area contributed by atoms with Gasteiger partial charge in [0, 0.05) is 24.1 Å². The van der Waals surface area contributed by atoms with Gasteiger partial charge < -0.3 is 30.3 Å². The lowest BCUT2D eigenvalue weighted by Gasteiger charge is -2.61. The van der Waals surface area contributed by atoms with Crippen molar-refractivity contribution in [3.63, 3.8) is 0 Å². The third kappa shape index (κ3) is 4.47. The Bertz CT molecular complexity index is 1110. The number of nitrogens with zero attached hydrogens (tertiary/aromatic N) is 3. The van der Waals surface area contributed by atoms with Crippen LogP contribution < -0.4 is 15.4 Å². The number of aromatic amines is 1. The zero-order valence-electron chi connectivity index (χ0n) is 18.7. The highest BCUT2D eigenvalue weighted by Crippen LogP contribution is 2.57. The van der Waals surface area contributed by atoms with Gasteiger partial charge in [-0.25, -0.2) is 4.79 Å². The first-order valence-corrected chi connectivity index (χ1v) is 11.2. The second kappa shape index (κ2) is 8.52. The van der Waals surface area contributed by atoms with Gasteiger partial charge >= 0.3 is 12.1 Å². The van der Waals surface area contributed by atoms with E-state index in [1.807, 2.05) is 0 Å². The summed E-state index contributed by atoms with van der Waals surface area (Å²) in [4.78, 5) is 20.4. The maximum absolute atomic E-state index is 12.9. The number of H-pyrrole nitrogens is 1. The number of alkyl halides is 3. The molecule has 2 heterocycles. The number of aromatic nitrogens is 4. The number of anilines is 3. The molecule has 11 nitrogen and oxygen atoms in total. The number of halogens is 3. The summed E-state index contributed by atoms with van der Waals surface area (Å²) < 4.78 is 48.9. The van der Waals surface area contributed by atoms with E-state index in [1.165, 1.54) is 13.2 Å². The molecule has 4 saturated carbocycles. The summed E-state index contributed by atoms with van der Waals surface area (Å²) >= 11 is 0. The minimum atomic E-state index is -5.15.